The molecular weight excluding hydrogens is 305 g/mol. The molecule has 0 amide bonds. The number of para-hydroxylation sites is 1. The molecule has 0 bridgehead atoms. The fourth-order valence-electron chi connectivity index (χ4n) is 2.88. The summed E-state index contributed by atoms with van der Waals surface area (Å²) in [6.07, 6.45) is 2.11. The monoisotopic (exact) mass is 321 g/mol. The molecule has 2 aromatic rings. The second-order valence-corrected chi connectivity index (χ2v) is 5.96. The minimum atomic E-state index is -0.0840. The van der Waals surface area contributed by atoms with E-state index in [1.165, 1.54) is 5.56 Å². The van der Waals surface area contributed by atoms with Gasteiger partial charge in [0, 0.05) is 21.2 Å². The normalized spacial score (nSPS) is 15.2. The van der Waals surface area contributed by atoms with Crippen molar-refractivity contribution in [1.82, 2.24) is 5.32 Å². The van der Waals surface area contributed by atoms with Crippen molar-refractivity contribution in [3.8, 4) is 5.75 Å². The molecule has 4 heteroatoms. The van der Waals surface area contributed by atoms with Crippen LogP contribution in [0, 0.1) is 0 Å². The van der Waals surface area contributed by atoms with E-state index in [1.807, 2.05) is 25.2 Å². The van der Waals surface area contributed by atoms with Gasteiger partial charge in [-0.1, -0.05) is 47.5 Å². The molecule has 1 aliphatic rings. The summed E-state index contributed by atoms with van der Waals surface area (Å²) in [6, 6.07) is 11.8. The lowest BCUT2D eigenvalue weighted by atomic mass is 9.93. The predicted octanol–water partition coefficient (Wildman–Crippen LogP) is 4.63. The van der Waals surface area contributed by atoms with Gasteiger partial charge in [0.15, 0.2) is 0 Å². The second kappa shape index (κ2) is 6.27. The van der Waals surface area contributed by atoms with E-state index in [2.05, 4.69) is 23.5 Å². The molecule has 3 rings (SSSR count). The Kier molecular flexibility index (Phi) is 4.39. The molecule has 0 radical (unpaired) electrons. The van der Waals surface area contributed by atoms with Crippen LogP contribution in [-0.4, -0.2) is 13.7 Å². The van der Waals surface area contributed by atoms with Gasteiger partial charge in [-0.05, 0) is 37.6 Å². The van der Waals surface area contributed by atoms with E-state index >= 15 is 0 Å². The van der Waals surface area contributed by atoms with Crippen LogP contribution in [0.25, 0.3) is 0 Å². The van der Waals surface area contributed by atoms with Crippen LogP contribution in [0.1, 0.15) is 29.2 Å². The highest BCUT2D eigenvalue weighted by atomic mass is 35.5. The molecule has 0 saturated carbocycles. The van der Waals surface area contributed by atoms with E-state index in [0.717, 1.165) is 36.3 Å². The molecule has 110 valence electrons. The van der Waals surface area contributed by atoms with Gasteiger partial charge in [0.1, 0.15) is 5.75 Å². The van der Waals surface area contributed by atoms with Gasteiger partial charge in [-0.3, -0.25) is 0 Å². The van der Waals surface area contributed by atoms with Crippen molar-refractivity contribution in [3.63, 3.8) is 0 Å². The third kappa shape index (κ3) is 2.76. The van der Waals surface area contributed by atoms with Crippen LogP contribution in [-0.2, 0) is 6.42 Å². The fourth-order valence-corrected chi connectivity index (χ4v) is 3.50. The zero-order valence-corrected chi connectivity index (χ0v) is 13.3. The van der Waals surface area contributed by atoms with Gasteiger partial charge < -0.3 is 10.1 Å². The predicted molar refractivity (Wildman–Crippen MR) is 87.6 cm³/mol. The average Bonchev–Trinajstić information content (AvgIpc) is 2.51. The van der Waals surface area contributed by atoms with Crippen molar-refractivity contribution in [2.45, 2.75) is 18.9 Å². The first-order valence-electron chi connectivity index (χ1n) is 7.08. The van der Waals surface area contributed by atoms with Gasteiger partial charge in [0.2, 0.25) is 0 Å². The van der Waals surface area contributed by atoms with Crippen molar-refractivity contribution in [2.24, 2.45) is 0 Å². The van der Waals surface area contributed by atoms with Crippen molar-refractivity contribution >= 4 is 23.2 Å². The number of ether oxygens (including phenoxy) is 1. The van der Waals surface area contributed by atoms with Crippen molar-refractivity contribution in [2.75, 3.05) is 13.7 Å². The summed E-state index contributed by atoms with van der Waals surface area (Å²) in [5.74, 6) is 0.971. The van der Waals surface area contributed by atoms with Crippen molar-refractivity contribution in [3.05, 3.63) is 63.1 Å². The summed E-state index contributed by atoms with van der Waals surface area (Å²) in [4.78, 5) is 0. The maximum absolute atomic E-state index is 6.37. The average molecular weight is 322 g/mol. The third-order valence-electron chi connectivity index (χ3n) is 3.85. The number of hydrogen-bond donors (Lipinski definition) is 1. The Labute approximate surface area is 135 Å². The maximum atomic E-state index is 6.37. The molecule has 0 spiro atoms. The first-order chi connectivity index (χ1) is 10.2. The quantitative estimate of drug-likeness (QED) is 0.890. The highest BCUT2D eigenvalue weighted by Crippen LogP contribution is 2.40. The van der Waals surface area contributed by atoms with E-state index in [9.17, 15) is 0 Å². The van der Waals surface area contributed by atoms with Gasteiger partial charge >= 0.3 is 0 Å². The number of nitrogens with one attached hydrogen (secondary N) is 1. The zero-order chi connectivity index (χ0) is 14.8. The molecule has 1 heterocycles. The summed E-state index contributed by atoms with van der Waals surface area (Å²) < 4.78 is 5.91. The Morgan fingerprint density at radius 3 is 2.52 bits per heavy atom. The lowest BCUT2D eigenvalue weighted by molar-refractivity contribution is 0.283. The summed E-state index contributed by atoms with van der Waals surface area (Å²) in [6.45, 7) is 0.761. The topological polar surface area (TPSA) is 21.3 Å². The Bertz CT molecular complexity index is 637. The van der Waals surface area contributed by atoms with Crippen LogP contribution in [0.3, 0.4) is 0 Å². The Balaban J connectivity index is 2.13. The molecule has 2 nitrogen and oxygen atoms in total. The first kappa shape index (κ1) is 14.7. The van der Waals surface area contributed by atoms with Crippen LogP contribution in [0.15, 0.2) is 36.4 Å². The molecular formula is C17H17Cl2NO. The van der Waals surface area contributed by atoms with Crippen LogP contribution >= 0.6 is 23.2 Å². The number of halogens is 2. The molecule has 2 aromatic carbocycles. The van der Waals surface area contributed by atoms with Gasteiger partial charge in [-0.25, -0.2) is 0 Å². The molecule has 1 atom stereocenters. The maximum Gasteiger partial charge on any atom is 0.127 e. The van der Waals surface area contributed by atoms with E-state index < -0.39 is 0 Å². The summed E-state index contributed by atoms with van der Waals surface area (Å²) in [5, 5.41) is 4.64. The van der Waals surface area contributed by atoms with E-state index in [4.69, 9.17) is 27.9 Å². The molecule has 0 aromatic heterocycles. The van der Waals surface area contributed by atoms with Gasteiger partial charge in [-0.2, -0.15) is 0 Å². The smallest absolute Gasteiger partial charge is 0.127 e. The van der Waals surface area contributed by atoms with Crippen LogP contribution in [0.4, 0.5) is 0 Å². The van der Waals surface area contributed by atoms with E-state index in [0.29, 0.717) is 10.0 Å². The molecule has 0 aliphatic carbocycles. The molecule has 1 unspecified atom stereocenters. The highest BCUT2D eigenvalue weighted by molar-refractivity contribution is 6.36. The lowest BCUT2D eigenvalue weighted by Crippen LogP contribution is -2.21. The highest BCUT2D eigenvalue weighted by Gasteiger charge is 2.24. The summed E-state index contributed by atoms with van der Waals surface area (Å²) >= 11 is 12.7. The minimum Gasteiger partial charge on any atom is -0.493 e. The van der Waals surface area contributed by atoms with Gasteiger partial charge in [0.25, 0.3) is 0 Å². The zero-order valence-electron chi connectivity index (χ0n) is 11.8. The number of rotatable bonds is 3. The molecule has 0 fully saturated rings. The third-order valence-corrected chi connectivity index (χ3v) is 4.51. The summed E-state index contributed by atoms with van der Waals surface area (Å²) in [7, 11) is 1.91. The Morgan fingerprint density at radius 2 is 1.81 bits per heavy atom. The van der Waals surface area contributed by atoms with Crippen molar-refractivity contribution < 1.29 is 4.74 Å². The lowest BCUT2D eigenvalue weighted by Gasteiger charge is -2.26. The van der Waals surface area contributed by atoms with Crippen LogP contribution in [0.2, 0.25) is 10.0 Å². The second-order valence-electron chi connectivity index (χ2n) is 5.14. The van der Waals surface area contributed by atoms with Gasteiger partial charge in [-0.15, -0.1) is 0 Å². The number of aryl methyl sites for hydroxylation is 1. The number of fused-ring (bicyclic) bond motifs is 1. The standard InChI is InChI=1S/C17H17Cl2NO/c1-20-16(15-13(18)8-3-9-14(15)19)12-7-2-5-11-6-4-10-21-17(11)12/h2-3,5,7-9,16,20H,4,6,10H2,1H3. The molecule has 21 heavy (non-hydrogen) atoms. The first-order valence-corrected chi connectivity index (χ1v) is 7.83. The minimum absolute atomic E-state index is 0.0840. The SMILES string of the molecule is CNC(c1cccc2c1OCCC2)c1c(Cl)cccc1Cl. The fraction of sp³-hybridized carbons (Fsp3) is 0.294. The molecule has 1 N–H and O–H groups in total. The van der Waals surface area contributed by atoms with E-state index in [1.54, 1.807) is 0 Å². The van der Waals surface area contributed by atoms with Crippen LogP contribution < -0.4 is 10.1 Å². The Morgan fingerprint density at radius 1 is 1.10 bits per heavy atom. The number of hydrogen-bond acceptors (Lipinski definition) is 2. The molecule has 0 saturated heterocycles. The largest absolute Gasteiger partial charge is 0.493 e. The van der Waals surface area contributed by atoms with E-state index in [-0.39, 0.29) is 6.04 Å². The summed E-state index contributed by atoms with van der Waals surface area (Å²) in [5.41, 5.74) is 3.23. The molecule has 1 aliphatic heterocycles. The van der Waals surface area contributed by atoms with Crippen LogP contribution in [0.5, 0.6) is 5.75 Å². The Hall–Kier alpha value is -1.22. The number of benzene rings is 2. The van der Waals surface area contributed by atoms with Crippen molar-refractivity contribution in [1.29, 1.82) is 0 Å². The van der Waals surface area contributed by atoms with Gasteiger partial charge in [0.05, 0.1) is 12.6 Å².